The minimum Gasteiger partial charge on any atom is -0.354 e. The fraction of sp³-hybridized carbons (Fsp3) is 0.800. The van der Waals surface area contributed by atoms with E-state index >= 15 is 0 Å². The van der Waals surface area contributed by atoms with Crippen molar-refractivity contribution in [3.8, 4) is 0 Å². The molecule has 1 aliphatic heterocycles. The summed E-state index contributed by atoms with van der Waals surface area (Å²) in [5.74, 6) is 0.157. The van der Waals surface area contributed by atoms with E-state index in [2.05, 4.69) is 10.6 Å². The number of likely N-dealkylation sites (N-methyl/N-ethyl adjacent to an activating group) is 1. The summed E-state index contributed by atoms with van der Waals surface area (Å²) in [5.41, 5.74) is 0. The molecule has 3 nitrogen and oxygen atoms in total. The second-order valence-electron chi connectivity index (χ2n) is 1.99. The van der Waals surface area contributed by atoms with Crippen LogP contribution in [0, 0.1) is 0 Å². The molecule has 0 bridgehead atoms. The Morgan fingerprint density at radius 2 is 2.44 bits per heavy atom. The summed E-state index contributed by atoms with van der Waals surface area (Å²) in [6, 6.07) is 0.363. The van der Waals surface area contributed by atoms with Crippen LogP contribution < -0.4 is 10.6 Å². The van der Waals surface area contributed by atoms with Crippen molar-refractivity contribution in [1.82, 2.24) is 10.6 Å². The predicted molar refractivity (Wildman–Crippen MR) is 37.7 cm³/mol. The highest BCUT2D eigenvalue weighted by Crippen LogP contribution is 1.96. The number of amides is 1. The molecule has 1 heterocycles. The molecular formula is C5H11ClN2O. The minimum absolute atomic E-state index is 0. The Bertz CT molecular complexity index is 107. The number of carbonyl (C=O) groups is 1. The van der Waals surface area contributed by atoms with Gasteiger partial charge in [-0.15, -0.1) is 12.4 Å². The van der Waals surface area contributed by atoms with Gasteiger partial charge < -0.3 is 10.6 Å². The molecular weight excluding hydrogens is 140 g/mol. The van der Waals surface area contributed by atoms with Crippen molar-refractivity contribution in [3.05, 3.63) is 0 Å². The average molecular weight is 151 g/mol. The van der Waals surface area contributed by atoms with E-state index in [0.29, 0.717) is 12.5 Å². The van der Waals surface area contributed by atoms with Crippen LogP contribution in [0.5, 0.6) is 0 Å². The van der Waals surface area contributed by atoms with Gasteiger partial charge in [0.2, 0.25) is 5.91 Å². The molecule has 1 atom stereocenters. The van der Waals surface area contributed by atoms with Gasteiger partial charge in [-0.3, -0.25) is 4.79 Å². The molecule has 54 valence electrons. The van der Waals surface area contributed by atoms with Gasteiger partial charge in [-0.25, -0.2) is 0 Å². The summed E-state index contributed by atoms with van der Waals surface area (Å²) in [7, 11) is 1.87. The lowest BCUT2D eigenvalue weighted by molar-refractivity contribution is -0.119. The molecule has 1 saturated heterocycles. The minimum atomic E-state index is 0. The number of hydrogen-bond acceptors (Lipinski definition) is 2. The standard InChI is InChI=1S/C5H10N2O.ClH/c1-6-4-2-5(8)7-3-4;/h4,6H,2-3H2,1H3,(H,7,8);1H. The van der Waals surface area contributed by atoms with Gasteiger partial charge in [0.1, 0.15) is 0 Å². The third-order valence-electron chi connectivity index (χ3n) is 1.39. The van der Waals surface area contributed by atoms with Gasteiger partial charge in [0.15, 0.2) is 0 Å². The second kappa shape index (κ2) is 3.69. The molecule has 1 rings (SSSR count). The Kier molecular flexibility index (Phi) is 3.58. The van der Waals surface area contributed by atoms with Crippen LogP contribution in [0.2, 0.25) is 0 Å². The Labute approximate surface area is 60.6 Å². The first-order valence-corrected chi connectivity index (χ1v) is 2.77. The van der Waals surface area contributed by atoms with Crippen LogP contribution in [-0.4, -0.2) is 25.5 Å². The van der Waals surface area contributed by atoms with E-state index in [4.69, 9.17) is 0 Å². The van der Waals surface area contributed by atoms with Crippen molar-refractivity contribution < 1.29 is 4.79 Å². The van der Waals surface area contributed by atoms with Crippen molar-refractivity contribution in [3.63, 3.8) is 0 Å². The zero-order valence-electron chi connectivity index (χ0n) is 5.31. The zero-order valence-corrected chi connectivity index (χ0v) is 6.12. The predicted octanol–water partition coefficient (Wildman–Crippen LogP) is -0.484. The van der Waals surface area contributed by atoms with Crippen LogP contribution in [0.4, 0.5) is 0 Å². The highest BCUT2D eigenvalue weighted by Gasteiger charge is 2.18. The van der Waals surface area contributed by atoms with Crippen LogP contribution in [0.1, 0.15) is 6.42 Å². The molecule has 0 radical (unpaired) electrons. The van der Waals surface area contributed by atoms with E-state index in [1.165, 1.54) is 0 Å². The highest BCUT2D eigenvalue weighted by molar-refractivity contribution is 5.85. The smallest absolute Gasteiger partial charge is 0.221 e. The number of nitrogens with one attached hydrogen (secondary N) is 2. The quantitative estimate of drug-likeness (QED) is 0.530. The van der Waals surface area contributed by atoms with E-state index in [-0.39, 0.29) is 18.3 Å². The normalized spacial score (nSPS) is 25.0. The first-order valence-electron chi connectivity index (χ1n) is 2.77. The molecule has 0 saturated carbocycles. The number of hydrogen-bond donors (Lipinski definition) is 2. The molecule has 4 heteroatoms. The molecule has 0 aliphatic carbocycles. The van der Waals surface area contributed by atoms with Crippen molar-refractivity contribution in [2.24, 2.45) is 0 Å². The van der Waals surface area contributed by atoms with Gasteiger partial charge >= 0.3 is 0 Å². The highest BCUT2D eigenvalue weighted by atomic mass is 35.5. The Hall–Kier alpha value is -0.280. The van der Waals surface area contributed by atoms with Crippen LogP contribution in [0.15, 0.2) is 0 Å². The third-order valence-corrected chi connectivity index (χ3v) is 1.39. The van der Waals surface area contributed by atoms with Gasteiger partial charge in [-0.05, 0) is 7.05 Å². The van der Waals surface area contributed by atoms with Crippen molar-refractivity contribution in [2.45, 2.75) is 12.5 Å². The summed E-state index contributed by atoms with van der Waals surface area (Å²) in [4.78, 5) is 10.5. The molecule has 0 aromatic heterocycles. The van der Waals surface area contributed by atoms with E-state index in [9.17, 15) is 4.79 Å². The molecule has 9 heavy (non-hydrogen) atoms. The Morgan fingerprint density at radius 3 is 2.67 bits per heavy atom. The summed E-state index contributed by atoms with van der Waals surface area (Å²) in [6.45, 7) is 0.787. The lowest BCUT2D eigenvalue weighted by Crippen LogP contribution is -2.26. The first-order chi connectivity index (χ1) is 3.83. The maximum absolute atomic E-state index is 10.5. The van der Waals surface area contributed by atoms with E-state index in [1.54, 1.807) is 0 Å². The SMILES string of the molecule is CNC1CNC(=O)C1.Cl. The maximum atomic E-state index is 10.5. The summed E-state index contributed by atoms with van der Waals surface area (Å²) < 4.78 is 0. The van der Waals surface area contributed by atoms with Crippen LogP contribution in [0.25, 0.3) is 0 Å². The maximum Gasteiger partial charge on any atom is 0.221 e. The fourth-order valence-corrected chi connectivity index (χ4v) is 0.809. The molecule has 1 unspecified atom stereocenters. The second-order valence-corrected chi connectivity index (χ2v) is 1.99. The Balaban J connectivity index is 0.000000640. The Morgan fingerprint density at radius 1 is 1.78 bits per heavy atom. The summed E-state index contributed by atoms with van der Waals surface area (Å²) in [5, 5.41) is 5.73. The molecule has 1 aliphatic rings. The first kappa shape index (κ1) is 8.72. The van der Waals surface area contributed by atoms with E-state index in [1.807, 2.05) is 7.05 Å². The topological polar surface area (TPSA) is 41.1 Å². The van der Waals surface area contributed by atoms with Crippen LogP contribution >= 0.6 is 12.4 Å². The number of halogens is 1. The largest absolute Gasteiger partial charge is 0.354 e. The van der Waals surface area contributed by atoms with Gasteiger partial charge in [-0.2, -0.15) is 0 Å². The van der Waals surface area contributed by atoms with Crippen LogP contribution in [0.3, 0.4) is 0 Å². The van der Waals surface area contributed by atoms with Gasteiger partial charge in [-0.1, -0.05) is 0 Å². The van der Waals surface area contributed by atoms with E-state index in [0.717, 1.165) is 6.54 Å². The zero-order chi connectivity index (χ0) is 5.98. The third kappa shape index (κ3) is 2.20. The number of carbonyl (C=O) groups excluding carboxylic acids is 1. The van der Waals surface area contributed by atoms with Gasteiger partial charge in [0, 0.05) is 19.0 Å². The lowest BCUT2D eigenvalue weighted by atomic mass is 10.3. The molecule has 0 aromatic carbocycles. The van der Waals surface area contributed by atoms with Gasteiger partial charge in [0.25, 0.3) is 0 Å². The van der Waals surface area contributed by atoms with Crippen molar-refractivity contribution in [2.75, 3.05) is 13.6 Å². The van der Waals surface area contributed by atoms with Crippen molar-refractivity contribution in [1.29, 1.82) is 0 Å². The summed E-state index contributed by atoms with van der Waals surface area (Å²) >= 11 is 0. The molecule has 2 N–H and O–H groups in total. The average Bonchev–Trinajstić information content (AvgIpc) is 2.14. The van der Waals surface area contributed by atoms with Gasteiger partial charge in [0.05, 0.1) is 0 Å². The lowest BCUT2D eigenvalue weighted by Gasteiger charge is -2.00. The molecule has 1 amide bonds. The molecule has 0 aromatic rings. The number of rotatable bonds is 1. The van der Waals surface area contributed by atoms with Crippen molar-refractivity contribution >= 4 is 18.3 Å². The monoisotopic (exact) mass is 150 g/mol. The summed E-state index contributed by atoms with van der Waals surface area (Å²) in [6.07, 6.45) is 0.635. The van der Waals surface area contributed by atoms with Crippen LogP contribution in [-0.2, 0) is 4.79 Å². The fourth-order valence-electron chi connectivity index (χ4n) is 0.809. The van der Waals surface area contributed by atoms with E-state index < -0.39 is 0 Å². The molecule has 1 fully saturated rings. The molecule has 0 spiro atoms.